The molecule has 14 aromatic rings. The fraction of sp³-hybridized carbons (Fsp3) is 0.0423. The summed E-state index contributed by atoms with van der Waals surface area (Å²) in [6.07, 6.45) is 0. The lowest BCUT2D eigenvalue weighted by Gasteiger charge is -2.19. The Morgan fingerprint density at radius 3 is 0.775 bits per heavy atom. The molecule has 0 amide bonds. The van der Waals surface area contributed by atoms with Crippen LogP contribution in [-0.2, 0) is 0 Å². The van der Waals surface area contributed by atoms with Gasteiger partial charge in [0, 0.05) is 27.9 Å². The normalized spacial score (nSPS) is 12.2. The van der Waals surface area contributed by atoms with Gasteiger partial charge in [0.25, 0.3) is 0 Å². The predicted octanol–water partition coefficient (Wildman–Crippen LogP) is 23.1. The zero-order chi connectivity index (χ0) is 67.0. The van der Waals surface area contributed by atoms with Crippen LogP contribution in [0.5, 0.6) is 0 Å². The van der Waals surface area contributed by atoms with E-state index in [2.05, 4.69) is 267 Å². The Morgan fingerprint density at radius 2 is 0.451 bits per heavy atom. The lowest BCUT2D eigenvalue weighted by atomic mass is 9.84. The van der Waals surface area contributed by atoms with Gasteiger partial charge in [0.05, 0.1) is 0 Å². The lowest BCUT2D eigenvalue weighted by molar-refractivity contribution is 1.68. The summed E-state index contributed by atoms with van der Waals surface area (Å²) in [5, 5.41) is 20.5. The Morgan fingerprint density at radius 1 is 0.211 bits per heavy atom. The van der Waals surface area contributed by atoms with E-state index in [0.29, 0.717) is 0 Å². The van der Waals surface area contributed by atoms with Crippen LogP contribution in [0.1, 0.15) is 50.1 Å². The molecular weight excluding hydrogens is 853 g/mol. The molecule has 0 heterocycles. The first-order valence-electron chi connectivity index (χ1n) is 34.6. The van der Waals surface area contributed by atoms with E-state index in [1.54, 1.807) is 0 Å². The van der Waals surface area contributed by atoms with E-state index in [1.165, 1.54) is 153 Å². The van der Waals surface area contributed by atoms with Crippen LogP contribution in [0.2, 0.25) is 0 Å². The highest BCUT2D eigenvalue weighted by Gasteiger charge is 2.20. The van der Waals surface area contributed by atoms with E-state index in [4.69, 9.17) is 27.9 Å². The lowest BCUT2D eigenvalue weighted by Crippen LogP contribution is -1.91. The summed E-state index contributed by atoms with van der Waals surface area (Å²) >= 11 is 0. The molecule has 0 aromatic heterocycles. The summed E-state index contributed by atoms with van der Waals surface area (Å²) in [4.78, 5) is 0. The van der Waals surface area contributed by atoms with E-state index in [1.807, 2.05) is 0 Å². The molecule has 0 aliphatic carbocycles. The summed E-state index contributed by atoms with van der Waals surface area (Å²) in [7, 11) is 3.75. The molecule has 14 rings (SSSR count). The first kappa shape index (κ1) is 34.4. The van der Waals surface area contributed by atoms with Gasteiger partial charge in [-0.1, -0.05) is 277 Å². The molecular formula is C71H72. The second kappa shape index (κ2) is 19.3. The number of fused-ring (bicyclic) bond motifs is 8. The summed E-state index contributed by atoms with van der Waals surface area (Å²) in [6.45, 7) is 0. The van der Waals surface area contributed by atoms with Crippen molar-refractivity contribution in [3.63, 3.8) is 0 Å². The topological polar surface area (TPSA) is 0 Å². The van der Waals surface area contributed by atoms with Crippen LogP contribution >= 0.6 is 0 Å². The van der Waals surface area contributed by atoms with Crippen molar-refractivity contribution in [1.29, 1.82) is 0 Å². The molecule has 0 radical (unpaired) electrons. The molecule has 71 heavy (non-hydrogen) atoms. The van der Waals surface area contributed by atoms with Crippen molar-refractivity contribution >= 4 is 86.2 Å². The number of hydrogen-bond donors (Lipinski definition) is 0. The second-order valence-corrected chi connectivity index (χ2v) is 17.9. The molecule has 0 spiro atoms. The van der Waals surface area contributed by atoms with Crippen molar-refractivity contribution in [3.05, 3.63) is 267 Å². The average molecular weight is 944 g/mol. The fourth-order valence-corrected chi connectivity index (χ4v) is 11.0. The number of benzene rings is 14. The van der Waals surface area contributed by atoms with Crippen LogP contribution in [0.25, 0.3) is 131 Å². The third-order valence-electron chi connectivity index (χ3n) is 14.1. The molecule has 0 aliphatic heterocycles. The van der Waals surface area contributed by atoms with Crippen LogP contribution in [0.4, 0.5) is 0 Å². The van der Waals surface area contributed by atoms with Gasteiger partial charge in [-0.05, 0) is 143 Å². The van der Waals surface area contributed by atoms with Gasteiger partial charge in [-0.2, -0.15) is 0 Å². The molecule has 0 N–H and O–H groups in total. The van der Waals surface area contributed by atoms with E-state index in [9.17, 15) is 0 Å². The minimum atomic E-state index is 1.25. The van der Waals surface area contributed by atoms with Gasteiger partial charge in [0.15, 0.2) is 0 Å². The predicted molar refractivity (Wildman–Crippen MR) is 332 cm³/mol. The fourth-order valence-electron chi connectivity index (χ4n) is 11.0. The Kier molecular flexibility index (Phi) is 9.35. The Bertz CT molecular complexity index is 3930. The molecule has 0 bridgehead atoms. The molecule has 0 heteroatoms. The maximum Gasteiger partial charge on any atom is 0.0194 e. The first-order chi connectivity index (χ1) is 44.8. The number of rotatable bonds is 4. The zero-order valence-electron chi connectivity index (χ0n) is 59.4. The van der Waals surface area contributed by atoms with Crippen LogP contribution in [0.3, 0.4) is 0 Å². The first-order valence-corrected chi connectivity index (χ1v) is 23.6. The monoisotopic (exact) mass is 944 g/mol. The molecule has 14 aromatic carbocycles. The van der Waals surface area contributed by atoms with Gasteiger partial charge < -0.3 is 0 Å². The Balaban J connectivity index is 0.000000471. The summed E-state index contributed by atoms with van der Waals surface area (Å²) in [5.74, 6) is 0. The molecule has 0 unspecified atom stereocenters. The van der Waals surface area contributed by atoms with E-state index >= 15 is 0 Å². The quantitative estimate of drug-likeness (QED) is 0.154. The van der Waals surface area contributed by atoms with Crippen LogP contribution in [0, 0.1) is 0 Å². The van der Waals surface area contributed by atoms with E-state index in [-0.39, 0.29) is 0 Å². The standard InChI is InChI=1S/2C34H22.3CH4.8H2/c2*1-2-12-25-22-26(21-20-23(25)10-1)33-29-15-5-7-17-31(29)34(32-18-8-6-16-30(32)33)28-19-9-13-24-11-3-4-14-27(24)28;;;;;;;;;;;/h2*1-22H;3*1H4;8*1H/i;;3*1D;8*1+1D. The van der Waals surface area contributed by atoms with Crippen molar-refractivity contribution in [2.45, 2.75) is 22.2 Å². The minimum absolute atomic E-state index is 1.25. The molecule has 0 aliphatic rings. The van der Waals surface area contributed by atoms with Crippen molar-refractivity contribution in [3.8, 4) is 44.5 Å². The molecule has 0 nitrogen and oxygen atoms in total. The minimum Gasteiger partial charge on any atom is -0.0776 e. The largest absolute Gasteiger partial charge is 0.0776 e. The number of hydrogen-bond acceptors (Lipinski definition) is 0. The molecule has 0 saturated heterocycles. The van der Waals surface area contributed by atoms with Crippen LogP contribution in [0.15, 0.2) is 267 Å². The highest BCUT2D eigenvalue weighted by molar-refractivity contribution is 6.25. The summed E-state index contributed by atoms with van der Waals surface area (Å²) in [5.41, 5.74) is 10.3. The van der Waals surface area contributed by atoms with Gasteiger partial charge in [-0.3, -0.25) is 0 Å². The van der Waals surface area contributed by atoms with Crippen molar-refractivity contribution < 1.29 is 27.9 Å². The third kappa shape index (κ3) is 7.85. The maximum absolute atomic E-state index is 5.75. The van der Waals surface area contributed by atoms with Gasteiger partial charge in [-0.15, -0.1) is 0 Å². The van der Waals surface area contributed by atoms with Gasteiger partial charge in [0.2, 0.25) is 0 Å². The van der Waals surface area contributed by atoms with Crippen LogP contribution in [-0.4, -0.2) is 0 Å². The second-order valence-electron chi connectivity index (χ2n) is 17.9. The van der Waals surface area contributed by atoms with Crippen molar-refractivity contribution in [2.75, 3.05) is 0 Å². The Labute approximate surface area is 446 Å². The molecule has 0 saturated carbocycles. The van der Waals surface area contributed by atoms with Gasteiger partial charge in [-0.25, -0.2) is 0 Å². The third-order valence-corrected chi connectivity index (χ3v) is 14.1. The van der Waals surface area contributed by atoms with Gasteiger partial charge in [0.1, 0.15) is 0 Å². The molecule has 0 fully saturated rings. The highest BCUT2D eigenvalue weighted by atomic mass is 14.2. The van der Waals surface area contributed by atoms with Crippen LogP contribution < -0.4 is 0 Å². The van der Waals surface area contributed by atoms with Crippen molar-refractivity contribution in [1.82, 2.24) is 0 Å². The smallest absolute Gasteiger partial charge is 0.0194 e. The summed E-state index contributed by atoms with van der Waals surface area (Å²) < 4.78 is 97.2. The highest BCUT2D eigenvalue weighted by Crippen LogP contribution is 2.47. The van der Waals surface area contributed by atoms with E-state index < -0.39 is 0 Å². The zero-order valence-corrected chi connectivity index (χ0v) is 40.4. The van der Waals surface area contributed by atoms with Crippen molar-refractivity contribution in [2.24, 2.45) is 0 Å². The van der Waals surface area contributed by atoms with Gasteiger partial charge >= 0.3 is 0 Å². The van der Waals surface area contributed by atoms with E-state index in [0.717, 1.165) is 0 Å². The molecule has 356 valence electrons. The Hall–Kier alpha value is -8.84. The average Bonchev–Trinajstić information content (AvgIpc) is 0.783. The maximum atomic E-state index is 5.75. The SMILES string of the molecule is [2H]C.[2H]C.[2H]C.[2H][2H].[2H][2H].[2H][2H].[2H][2H].[2H][2H].[2H][2H].[2H][2H].[2H][2H].c1ccc2cc(-c3c4ccccc4c(-c4cccc5ccccc45)c4ccccc34)ccc2c1.c1ccc2cc(-c3c4ccccc4c(-c4cccc5ccccc45)c4ccccc34)ccc2c1. The summed E-state index contributed by atoms with van der Waals surface area (Å²) in [6, 6.07) is 97.1. The molecule has 0 atom stereocenters.